The lowest BCUT2D eigenvalue weighted by atomic mass is 10.0. The first-order valence-corrected chi connectivity index (χ1v) is 5.95. The third-order valence-electron chi connectivity index (χ3n) is 2.45. The van der Waals surface area contributed by atoms with E-state index < -0.39 is 0 Å². The van der Waals surface area contributed by atoms with Gasteiger partial charge in [0, 0.05) is 5.38 Å². The monoisotopic (exact) mass is 228 g/mol. The molecule has 0 heterocycles. The molecule has 0 aromatic heterocycles. The summed E-state index contributed by atoms with van der Waals surface area (Å²) in [5.74, 6) is -0.147. The highest BCUT2D eigenvalue weighted by Gasteiger charge is 2.04. The largest absolute Gasteiger partial charge is 0.207 e. The van der Waals surface area contributed by atoms with E-state index in [0.29, 0.717) is 0 Å². The summed E-state index contributed by atoms with van der Waals surface area (Å²) in [6, 6.07) is 5.18. The Labute approximate surface area is 96.5 Å². The van der Waals surface area contributed by atoms with Crippen LogP contribution in [0, 0.1) is 12.7 Å². The number of hydrogen-bond donors (Lipinski definition) is 0. The van der Waals surface area contributed by atoms with Crippen LogP contribution in [0.15, 0.2) is 18.2 Å². The molecule has 0 amide bonds. The van der Waals surface area contributed by atoms with Crippen molar-refractivity contribution >= 4 is 11.6 Å². The van der Waals surface area contributed by atoms with E-state index in [4.69, 9.17) is 11.6 Å². The van der Waals surface area contributed by atoms with Crippen LogP contribution in [0.2, 0.25) is 0 Å². The van der Waals surface area contributed by atoms with Crippen LogP contribution in [0.1, 0.15) is 37.3 Å². The number of halogens is 2. The van der Waals surface area contributed by atoms with Crippen LogP contribution in [-0.2, 0) is 6.42 Å². The van der Waals surface area contributed by atoms with Crippen molar-refractivity contribution in [2.75, 3.05) is 0 Å². The highest BCUT2D eigenvalue weighted by Crippen LogP contribution is 2.15. The summed E-state index contributed by atoms with van der Waals surface area (Å²) in [5.41, 5.74) is 2.03. The normalized spacial score (nSPS) is 12.8. The standard InChI is InChI=1S/C13H18ClF/c1-3-4-12(14)6-5-11-7-10(2)8-13(15)9-11/h7-9,12H,3-6H2,1-2H3. The van der Waals surface area contributed by atoms with Crippen molar-refractivity contribution in [3.05, 3.63) is 35.1 Å². The fourth-order valence-corrected chi connectivity index (χ4v) is 2.06. The van der Waals surface area contributed by atoms with Gasteiger partial charge in [-0.1, -0.05) is 19.4 Å². The Bertz CT molecular complexity index is 289. The second-order valence-electron chi connectivity index (χ2n) is 4.06. The highest BCUT2D eigenvalue weighted by atomic mass is 35.5. The lowest BCUT2D eigenvalue weighted by Crippen LogP contribution is -2.00. The smallest absolute Gasteiger partial charge is 0.123 e. The molecule has 1 aromatic rings. The SMILES string of the molecule is CCCC(Cl)CCc1cc(C)cc(F)c1. The maximum absolute atomic E-state index is 13.1. The topological polar surface area (TPSA) is 0 Å². The second kappa shape index (κ2) is 6.12. The molecule has 1 aromatic carbocycles. The average Bonchev–Trinajstić information content (AvgIpc) is 2.14. The third kappa shape index (κ3) is 4.65. The molecule has 0 aliphatic carbocycles. The summed E-state index contributed by atoms with van der Waals surface area (Å²) in [7, 11) is 0. The number of benzene rings is 1. The fourth-order valence-electron chi connectivity index (χ4n) is 1.74. The molecule has 15 heavy (non-hydrogen) atoms. The molecule has 1 atom stereocenters. The van der Waals surface area contributed by atoms with E-state index in [9.17, 15) is 4.39 Å². The van der Waals surface area contributed by atoms with Crippen molar-refractivity contribution in [3.63, 3.8) is 0 Å². The van der Waals surface area contributed by atoms with Gasteiger partial charge in [0.1, 0.15) is 5.82 Å². The Morgan fingerprint density at radius 3 is 2.60 bits per heavy atom. The van der Waals surface area contributed by atoms with Gasteiger partial charge in [-0.25, -0.2) is 4.39 Å². The van der Waals surface area contributed by atoms with Gasteiger partial charge >= 0.3 is 0 Å². The van der Waals surface area contributed by atoms with Crippen LogP contribution in [0.5, 0.6) is 0 Å². The Hall–Kier alpha value is -0.560. The second-order valence-corrected chi connectivity index (χ2v) is 4.68. The van der Waals surface area contributed by atoms with Gasteiger partial charge in [0.15, 0.2) is 0 Å². The van der Waals surface area contributed by atoms with Gasteiger partial charge in [-0.15, -0.1) is 11.6 Å². The zero-order valence-electron chi connectivity index (χ0n) is 9.39. The molecular weight excluding hydrogens is 211 g/mol. The molecule has 0 fully saturated rings. The number of rotatable bonds is 5. The van der Waals surface area contributed by atoms with Gasteiger partial charge in [0.05, 0.1) is 0 Å². The van der Waals surface area contributed by atoms with Crippen LogP contribution in [0.3, 0.4) is 0 Å². The van der Waals surface area contributed by atoms with E-state index >= 15 is 0 Å². The van der Waals surface area contributed by atoms with Gasteiger partial charge in [-0.2, -0.15) is 0 Å². The summed E-state index contributed by atoms with van der Waals surface area (Å²) in [6.07, 6.45) is 3.94. The summed E-state index contributed by atoms with van der Waals surface area (Å²) in [4.78, 5) is 0. The van der Waals surface area contributed by atoms with Crippen LogP contribution >= 0.6 is 11.6 Å². The Kier molecular flexibility index (Phi) is 5.10. The molecular formula is C13H18ClF. The average molecular weight is 229 g/mol. The Morgan fingerprint density at radius 2 is 2.00 bits per heavy atom. The minimum Gasteiger partial charge on any atom is -0.207 e. The van der Waals surface area contributed by atoms with Gasteiger partial charge in [0.2, 0.25) is 0 Å². The van der Waals surface area contributed by atoms with Crippen molar-refractivity contribution in [1.82, 2.24) is 0 Å². The summed E-state index contributed by atoms with van der Waals surface area (Å²) in [6.45, 7) is 4.04. The highest BCUT2D eigenvalue weighted by molar-refractivity contribution is 6.20. The molecule has 1 rings (SSSR count). The minimum atomic E-state index is -0.147. The van der Waals surface area contributed by atoms with E-state index in [-0.39, 0.29) is 11.2 Å². The number of hydrogen-bond acceptors (Lipinski definition) is 0. The molecule has 0 nitrogen and oxygen atoms in total. The fraction of sp³-hybridized carbons (Fsp3) is 0.538. The Morgan fingerprint density at radius 1 is 1.27 bits per heavy atom. The molecule has 0 aliphatic rings. The van der Waals surface area contributed by atoms with E-state index in [0.717, 1.165) is 36.8 Å². The quantitative estimate of drug-likeness (QED) is 0.652. The maximum atomic E-state index is 13.1. The molecule has 2 heteroatoms. The number of alkyl halides is 1. The number of aryl methyl sites for hydroxylation is 2. The summed E-state index contributed by atoms with van der Waals surface area (Å²) < 4.78 is 13.1. The van der Waals surface area contributed by atoms with Gasteiger partial charge < -0.3 is 0 Å². The van der Waals surface area contributed by atoms with Crippen molar-refractivity contribution in [3.8, 4) is 0 Å². The molecule has 0 saturated heterocycles. The molecule has 0 saturated carbocycles. The van der Waals surface area contributed by atoms with Crippen molar-refractivity contribution in [2.45, 2.75) is 44.9 Å². The van der Waals surface area contributed by atoms with Crippen molar-refractivity contribution in [1.29, 1.82) is 0 Å². The minimum absolute atomic E-state index is 0.147. The molecule has 0 bridgehead atoms. The zero-order chi connectivity index (χ0) is 11.3. The van der Waals surface area contributed by atoms with Crippen molar-refractivity contribution < 1.29 is 4.39 Å². The van der Waals surface area contributed by atoms with E-state index in [2.05, 4.69) is 6.92 Å². The predicted octanol–water partition coefficient (Wildman–Crippen LogP) is 4.47. The van der Waals surface area contributed by atoms with Gasteiger partial charge in [-0.3, -0.25) is 0 Å². The van der Waals surface area contributed by atoms with Crippen LogP contribution in [0.4, 0.5) is 4.39 Å². The van der Waals surface area contributed by atoms with E-state index in [1.54, 1.807) is 12.1 Å². The Balaban J connectivity index is 2.50. The maximum Gasteiger partial charge on any atom is 0.123 e. The lowest BCUT2D eigenvalue weighted by Gasteiger charge is -2.08. The van der Waals surface area contributed by atoms with E-state index in [1.807, 2.05) is 13.0 Å². The van der Waals surface area contributed by atoms with Crippen LogP contribution in [-0.4, -0.2) is 5.38 Å². The molecule has 1 unspecified atom stereocenters. The van der Waals surface area contributed by atoms with Gasteiger partial charge in [-0.05, 0) is 49.4 Å². The van der Waals surface area contributed by atoms with E-state index in [1.165, 1.54) is 0 Å². The molecule has 0 N–H and O–H groups in total. The van der Waals surface area contributed by atoms with Crippen LogP contribution < -0.4 is 0 Å². The van der Waals surface area contributed by atoms with Crippen LogP contribution in [0.25, 0.3) is 0 Å². The third-order valence-corrected chi connectivity index (χ3v) is 2.89. The first-order valence-electron chi connectivity index (χ1n) is 5.52. The van der Waals surface area contributed by atoms with Gasteiger partial charge in [0.25, 0.3) is 0 Å². The molecule has 0 aliphatic heterocycles. The lowest BCUT2D eigenvalue weighted by molar-refractivity contribution is 0.620. The zero-order valence-corrected chi connectivity index (χ0v) is 10.1. The molecule has 84 valence electrons. The predicted molar refractivity (Wildman–Crippen MR) is 64.0 cm³/mol. The van der Waals surface area contributed by atoms with Crippen molar-refractivity contribution in [2.24, 2.45) is 0 Å². The first kappa shape index (κ1) is 12.5. The summed E-state index contributed by atoms with van der Waals surface area (Å²) in [5, 5.41) is 0.221. The summed E-state index contributed by atoms with van der Waals surface area (Å²) >= 11 is 6.12. The molecule has 0 radical (unpaired) electrons. The molecule has 0 spiro atoms. The first-order chi connectivity index (χ1) is 7.11.